The van der Waals surface area contributed by atoms with Gasteiger partial charge in [0.05, 0.1) is 12.7 Å². The van der Waals surface area contributed by atoms with Crippen molar-refractivity contribution >= 4 is 5.97 Å². The summed E-state index contributed by atoms with van der Waals surface area (Å²) in [7, 11) is 0. The van der Waals surface area contributed by atoms with Crippen LogP contribution in [-0.4, -0.2) is 34.5 Å². The van der Waals surface area contributed by atoms with Crippen molar-refractivity contribution in [1.29, 1.82) is 0 Å². The van der Waals surface area contributed by atoms with Gasteiger partial charge in [-0.1, -0.05) is 0 Å². The molecule has 1 heterocycles. The zero-order chi connectivity index (χ0) is 9.27. The summed E-state index contributed by atoms with van der Waals surface area (Å²) < 4.78 is 5.46. The Labute approximate surface area is 75.5 Å². The van der Waals surface area contributed by atoms with Crippen LogP contribution in [0.3, 0.4) is 0 Å². The minimum absolute atomic E-state index is 0.0625. The number of carbonyl (C=O) groups is 1. The predicted octanol–water partition coefficient (Wildman–Crippen LogP) is 0.001000. The molecule has 13 heavy (non-hydrogen) atoms. The van der Waals surface area contributed by atoms with E-state index in [0.717, 1.165) is 19.3 Å². The van der Waals surface area contributed by atoms with E-state index >= 15 is 0 Å². The average molecular weight is 184 g/mol. The molecule has 0 amide bonds. The first-order chi connectivity index (χ1) is 6.16. The van der Waals surface area contributed by atoms with E-state index in [1.54, 1.807) is 0 Å². The Morgan fingerprint density at radius 3 is 2.69 bits per heavy atom. The van der Waals surface area contributed by atoms with E-state index in [-0.39, 0.29) is 24.0 Å². The molecular formula is C9H12O4. The van der Waals surface area contributed by atoms with E-state index < -0.39 is 11.6 Å². The molecule has 0 aromatic rings. The third-order valence-electron chi connectivity index (χ3n) is 4.15. The molecule has 4 atom stereocenters. The van der Waals surface area contributed by atoms with Crippen molar-refractivity contribution in [2.75, 3.05) is 6.61 Å². The van der Waals surface area contributed by atoms with Crippen molar-refractivity contribution in [2.24, 2.45) is 11.3 Å². The molecule has 4 heteroatoms. The summed E-state index contributed by atoms with van der Waals surface area (Å²) in [5, 5.41) is 18.2. The van der Waals surface area contributed by atoms with Crippen molar-refractivity contribution in [2.45, 2.75) is 31.0 Å². The lowest BCUT2D eigenvalue weighted by atomic mass is 9.63. The fourth-order valence-electron chi connectivity index (χ4n) is 3.18. The van der Waals surface area contributed by atoms with Crippen molar-refractivity contribution < 1.29 is 19.7 Å². The Hall–Kier alpha value is -0.610. The summed E-state index contributed by atoms with van der Waals surface area (Å²) in [5.41, 5.74) is -1.11. The Morgan fingerprint density at radius 2 is 2.38 bits per heavy atom. The molecule has 3 aliphatic rings. The zero-order valence-corrected chi connectivity index (χ0v) is 7.19. The van der Waals surface area contributed by atoms with Crippen LogP contribution in [0, 0.1) is 11.3 Å². The van der Waals surface area contributed by atoms with Gasteiger partial charge in [-0.15, -0.1) is 0 Å². The molecule has 1 spiro atoms. The molecule has 2 aliphatic carbocycles. The first-order valence-electron chi connectivity index (χ1n) is 4.68. The Morgan fingerprint density at radius 1 is 1.62 bits per heavy atom. The molecular weight excluding hydrogens is 172 g/mol. The van der Waals surface area contributed by atoms with Crippen LogP contribution in [0.1, 0.15) is 19.3 Å². The second-order valence-electron chi connectivity index (χ2n) is 4.49. The Kier molecular flexibility index (Phi) is 1.14. The molecule has 3 fully saturated rings. The van der Waals surface area contributed by atoms with Crippen molar-refractivity contribution in [3.05, 3.63) is 0 Å². The fourth-order valence-corrected chi connectivity index (χ4v) is 3.18. The van der Waals surface area contributed by atoms with Crippen molar-refractivity contribution in [3.8, 4) is 0 Å². The molecule has 0 aromatic carbocycles. The lowest BCUT2D eigenvalue weighted by molar-refractivity contribution is -0.178. The summed E-state index contributed by atoms with van der Waals surface area (Å²) in [6.45, 7) is -0.384. The summed E-state index contributed by atoms with van der Waals surface area (Å²) in [5.74, 6) is -0.932. The van der Waals surface area contributed by atoms with Crippen molar-refractivity contribution in [1.82, 2.24) is 0 Å². The number of hydrogen-bond donors (Lipinski definition) is 2. The summed E-state index contributed by atoms with van der Waals surface area (Å²) >= 11 is 0. The third kappa shape index (κ3) is 0.616. The van der Waals surface area contributed by atoms with Gasteiger partial charge in [0.25, 0.3) is 0 Å². The fraction of sp³-hybridized carbons (Fsp3) is 0.889. The number of aliphatic hydroxyl groups excluding tert-OH is 1. The summed E-state index contributed by atoms with van der Waals surface area (Å²) in [4.78, 5) is 11.0. The third-order valence-corrected chi connectivity index (χ3v) is 4.15. The van der Waals surface area contributed by atoms with Gasteiger partial charge in [-0.25, -0.2) is 4.79 Å². The van der Waals surface area contributed by atoms with E-state index in [1.807, 2.05) is 0 Å². The van der Waals surface area contributed by atoms with E-state index in [0.29, 0.717) is 0 Å². The molecule has 0 bridgehead atoms. The van der Waals surface area contributed by atoms with Crippen LogP contribution < -0.4 is 0 Å². The number of carboxylic acids is 1. The number of aliphatic carboxylic acids is 1. The zero-order valence-electron chi connectivity index (χ0n) is 7.19. The molecule has 2 N–H and O–H groups in total. The number of carboxylic acid groups (broad SMARTS) is 1. The SMILES string of the molecule is O=C(O)C1(CO)OC2CC23CCC13. The number of rotatable bonds is 2. The lowest BCUT2D eigenvalue weighted by Crippen LogP contribution is -2.53. The molecule has 0 radical (unpaired) electrons. The molecule has 4 unspecified atom stereocenters. The second kappa shape index (κ2) is 1.91. The maximum absolute atomic E-state index is 11.0. The standard InChI is InChI=1S/C9H12O4/c10-4-9(7(11)12)5-1-2-8(5)3-6(8)13-9/h5-6,10H,1-4H2,(H,11,12). The van der Waals surface area contributed by atoms with E-state index in [4.69, 9.17) is 14.9 Å². The first-order valence-corrected chi connectivity index (χ1v) is 4.68. The highest BCUT2D eigenvalue weighted by Gasteiger charge is 2.79. The van der Waals surface area contributed by atoms with Gasteiger partial charge in [-0.2, -0.15) is 0 Å². The highest BCUT2D eigenvalue weighted by molar-refractivity contribution is 5.79. The van der Waals surface area contributed by atoms with Crippen LogP contribution in [0.5, 0.6) is 0 Å². The van der Waals surface area contributed by atoms with Crippen LogP contribution in [0.25, 0.3) is 0 Å². The lowest BCUT2D eigenvalue weighted by Gasteiger charge is -2.41. The normalized spacial score (nSPS) is 56.4. The van der Waals surface area contributed by atoms with Crippen LogP contribution in [0.15, 0.2) is 0 Å². The number of hydrogen-bond acceptors (Lipinski definition) is 3. The molecule has 3 rings (SSSR count). The molecule has 1 saturated heterocycles. The van der Waals surface area contributed by atoms with Gasteiger partial charge in [-0.05, 0) is 19.3 Å². The molecule has 1 aliphatic heterocycles. The van der Waals surface area contributed by atoms with Crippen LogP contribution in [0.4, 0.5) is 0 Å². The largest absolute Gasteiger partial charge is 0.479 e. The molecule has 2 saturated carbocycles. The highest BCUT2D eigenvalue weighted by Crippen LogP contribution is 2.74. The second-order valence-corrected chi connectivity index (χ2v) is 4.49. The van der Waals surface area contributed by atoms with E-state index in [1.165, 1.54) is 0 Å². The van der Waals surface area contributed by atoms with Gasteiger partial charge in [0.15, 0.2) is 5.60 Å². The van der Waals surface area contributed by atoms with Gasteiger partial charge in [-0.3, -0.25) is 0 Å². The van der Waals surface area contributed by atoms with E-state index in [9.17, 15) is 4.79 Å². The highest BCUT2D eigenvalue weighted by atomic mass is 16.6. The average Bonchev–Trinajstić information content (AvgIpc) is 2.73. The van der Waals surface area contributed by atoms with Crippen LogP contribution in [-0.2, 0) is 9.53 Å². The monoisotopic (exact) mass is 184 g/mol. The predicted molar refractivity (Wildman–Crippen MR) is 42.1 cm³/mol. The summed E-state index contributed by atoms with van der Waals surface area (Å²) in [6, 6.07) is 0. The smallest absolute Gasteiger partial charge is 0.338 e. The minimum Gasteiger partial charge on any atom is -0.479 e. The molecule has 72 valence electrons. The number of aliphatic hydroxyl groups is 1. The maximum atomic E-state index is 11.0. The van der Waals surface area contributed by atoms with Crippen LogP contribution >= 0.6 is 0 Å². The van der Waals surface area contributed by atoms with Gasteiger partial charge >= 0.3 is 5.97 Å². The van der Waals surface area contributed by atoms with Crippen LogP contribution in [0.2, 0.25) is 0 Å². The van der Waals surface area contributed by atoms with Gasteiger partial charge in [0.1, 0.15) is 0 Å². The summed E-state index contributed by atoms with van der Waals surface area (Å²) in [6.07, 6.45) is 3.10. The Balaban J connectivity index is 1.97. The Bertz CT molecular complexity index is 285. The molecule has 4 nitrogen and oxygen atoms in total. The number of ether oxygens (including phenoxy) is 1. The van der Waals surface area contributed by atoms with Gasteiger partial charge in [0, 0.05) is 11.3 Å². The topological polar surface area (TPSA) is 66.8 Å². The first kappa shape index (κ1) is 7.76. The van der Waals surface area contributed by atoms with Crippen molar-refractivity contribution in [3.63, 3.8) is 0 Å². The quantitative estimate of drug-likeness (QED) is 0.634. The molecule has 0 aromatic heterocycles. The minimum atomic E-state index is -1.26. The van der Waals surface area contributed by atoms with Gasteiger partial charge in [0.2, 0.25) is 0 Å². The van der Waals surface area contributed by atoms with Gasteiger partial charge < -0.3 is 14.9 Å². The van der Waals surface area contributed by atoms with E-state index in [2.05, 4.69) is 0 Å². The maximum Gasteiger partial charge on any atom is 0.338 e.